The molecule has 0 amide bonds. The number of fused-ring (bicyclic) bond motifs is 1. The number of rotatable bonds is 8. The van der Waals surface area contributed by atoms with Gasteiger partial charge in [-0.25, -0.2) is 0 Å². The van der Waals surface area contributed by atoms with Gasteiger partial charge in [0.25, 0.3) is 0 Å². The van der Waals surface area contributed by atoms with Crippen molar-refractivity contribution < 1.29 is 24.1 Å². The molecule has 0 saturated carbocycles. The molecule has 0 aromatic heterocycles. The SMILES string of the molecule is CCCNCC(O)COc1cc2c(cc1OC)COC(C)C2=O. The Kier molecular flexibility index (Phi) is 6.38. The summed E-state index contributed by atoms with van der Waals surface area (Å²) in [5.41, 5.74) is 1.39. The summed E-state index contributed by atoms with van der Waals surface area (Å²) in [6, 6.07) is 3.44. The van der Waals surface area contributed by atoms with E-state index in [0.717, 1.165) is 18.5 Å². The molecule has 2 rings (SSSR count). The summed E-state index contributed by atoms with van der Waals surface area (Å²) >= 11 is 0. The van der Waals surface area contributed by atoms with E-state index in [0.29, 0.717) is 30.2 Å². The average molecular weight is 323 g/mol. The van der Waals surface area contributed by atoms with E-state index in [1.165, 1.54) is 0 Å². The molecule has 2 N–H and O–H groups in total. The third-order valence-electron chi connectivity index (χ3n) is 3.75. The number of aliphatic hydroxyl groups is 1. The number of ether oxygens (including phenoxy) is 3. The van der Waals surface area contributed by atoms with E-state index in [9.17, 15) is 9.90 Å². The van der Waals surface area contributed by atoms with Gasteiger partial charge >= 0.3 is 0 Å². The lowest BCUT2D eigenvalue weighted by atomic mass is 9.97. The molecule has 1 aliphatic heterocycles. The first-order valence-corrected chi connectivity index (χ1v) is 7.95. The molecule has 23 heavy (non-hydrogen) atoms. The second-order valence-corrected chi connectivity index (χ2v) is 5.65. The smallest absolute Gasteiger partial charge is 0.191 e. The second-order valence-electron chi connectivity index (χ2n) is 5.65. The lowest BCUT2D eigenvalue weighted by Gasteiger charge is -2.23. The molecule has 0 bridgehead atoms. The lowest BCUT2D eigenvalue weighted by molar-refractivity contribution is 0.0334. The van der Waals surface area contributed by atoms with Crippen molar-refractivity contribution in [1.82, 2.24) is 5.32 Å². The lowest BCUT2D eigenvalue weighted by Crippen LogP contribution is -2.32. The van der Waals surface area contributed by atoms with Crippen molar-refractivity contribution in [2.75, 3.05) is 26.8 Å². The Bertz CT molecular complexity index is 546. The number of hydrogen-bond acceptors (Lipinski definition) is 6. The predicted octanol–water partition coefficient (Wildman–Crippen LogP) is 1.54. The molecule has 0 spiro atoms. The zero-order valence-electron chi connectivity index (χ0n) is 13.9. The molecule has 2 atom stereocenters. The van der Waals surface area contributed by atoms with Crippen molar-refractivity contribution >= 4 is 5.78 Å². The van der Waals surface area contributed by atoms with Crippen molar-refractivity contribution in [3.05, 3.63) is 23.3 Å². The normalized spacial score (nSPS) is 18.4. The van der Waals surface area contributed by atoms with E-state index in [1.807, 2.05) is 0 Å². The predicted molar refractivity (Wildman–Crippen MR) is 86.2 cm³/mol. The van der Waals surface area contributed by atoms with Crippen molar-refractivity contribution in [3.8, 4) is 11.5 Å². The van der Waals surface area contributed by atoms with Crippen molar-refractivity contribution in [1.29, 1.82) is 0 Å². The van der Waals surface area contributed by atoms with Gasteiger partial charge in [0.2, 0.25) is 0 Å². The zero-order valence-corrected chi connectivity index (χ0v) is 13.9. The van der Waals surface area contributed by atoms with Gasteiger partial charge in [0, 0.05) is 12.1 Å². The first-order valence-electron chi connectivity index (χ1n) is 7.95. The zero-order chi connectivity index (χ0) is 16.8. The van der Waals surface area contributed by atoms with Crippen LogP contribution in [0.4, 0.5) is 0 Å². The number of Topliss-reactive ketones (excluding diaryl/α,β-unsaturated/α-hetero) is 1. The Labute approximate surface area is 136 Å². The van der Waals surface area contributed by atoms with Gasteiger partial charge in [-0.05, 0) is 37.6 Å². The van der Waals surface area contributed by atoms with Crippen LogP contribution in [-0.4, -0.2) is 49.9 Å². The fourth-order valence-corrected chi connectivity index (χ4v) is 2.42. The van der Waals surface area contributed by atoms with Crippen LogP contribution in [-0.2, 0) is 11.3 Å². The Morgan fingerprint density at radius 1 is 1.43 bits per heavy atom. The number of methoxy groups -OCH3 is 1. The molecule has 0 radical (unpaired) electrons. The molecule has 1 heterocycles. The Hall–Kier alpha value is -1.63. The summed E-state index contributed by atoms with van der Waals surface area (Å²) in [5.74, 6) is 0.926. The molecule has 0 aliphatic carbocycles. The van der Waals surface area contributed by atoms with Crippen LogP contribution in [0.1, 0.15) is 36.2 Å². The van der Waals surface area contributed by atoms with E-state index in [1.54, 1.807) is 26.2 Å². The van der Waals surface area contributed by atoms with Crippen LogP contribution in [0.5, 0.6) is 11.5 Å². The maximum atomic E-state index is 12.2. The van der Waals surface area contributed by atoms with Crippen LogP contribution < -0.4 is 14.8 Å². The van der Waals surface area contributed by atoms with E-state index >= 15 is 0 Å². The van der Waals surface area contributed by atoms with Crippen LogP contribution in [0, 0.1) is 0 Å². The van der Waals surface area contributed by atoms with Crippen LogP contribution in [0.15, 0.2) is 12.1 Å². The Morgan fingerprint density at radius 3 is 2.91 bits per heavy atom. The van der Waals surface area contributed by atoms with Gasteiger partial charge in [0.1, 0.15) is 18.8 Å². The maximum absolute atomic E-state index is 12.2. The standard InChI is InChI=1S/C17H25NO5/c1-4-5-18-8-13(19)10-23-16-7-14-12(6-15(16)21-3)9-22-11(2)17(14)20/h6-7,11,13,18-19H,4-5,8-10H2,1-3H3. The monoisotopic (exact) mass is 323 g/mol. The highest BCUT2D eigenvalue weighted by atomic mass is 16.5. The number of nitrogens with one attached hydrogen (secondary N) is 1. The molecule has 6 nitrogen and oxygen atoms in total. The van der Waals surface area contributed by atoms with Crippen LogP contribution >= 0.6 is 0 Å². The van der Waals surface area contributed by atoms with E-state index in [4.69, 9.17) is 14.2 Å². The molecule has 1 aromatic rings. The highest BCUT2D eigenvalue weighted by molar-refractivity contribution is 6.01. The highest BCUT2D eigenvalue weighted by Crippen LogP contribution is 2.34. The van der Waals surface area contributed by atoms with Gasteiger partial charge in [-0.2, -0.15) is 0 Å². The third kappa shape index (κ3) is 4.43. The summed E-state index contributed by atoms with van der Waals surface area (Å²) in [5, 5.41) is 13.0. The summed E-state index contributed by atoms with van der Waals surface area (Å²) < 4.78 is 16.4. The van der Waals surface area contributed by atoms with Gasteiger partial charge < -0.3 is 24.6 Å². The molecule has 0 fully saturated rings. The fraction of sp³-hybridized carbons (Fsp3) is 0.588. The molecular weight excluding hydrogens is 298 g/mol. The Morgan fingerprint density at radius 2 is 2.22 bits per heavy atom. The van der Waals surface area contributed by atoms with E-state index in [-0.39, 0.29) is 12.4 Å². The molecule has 0 saturated heterocycles. The third-order valence-corrected chi connectivity index (χ3v) is 3.75. The van der Waals surface area contributed by atoms with E-state index in [2.05, 4.69) is 12.2 Å². The van der Waals surface area contributed by atoms with E-state index < -0.39 is 12.2 Å². The number of hydrogen-bond donors (Lipinski definition) is 2. The van der Waals surface area contributed by atoms with Gasteiger partial charge in [-0.15, -0.1) is 0 Å². The number of ketones is 1. The maximum Gasteiger partial charge on any atom is 0.191 e. The largest absolute Gasteiger partial charge is 0.493 e. The molecule has 128 valence electrons. The molecule has 2 unspecified atom stereocenters. The minimum atomic E-state index is -0.625. The molecule has 1 aliphatic rings. The first-order chi connectivity index (χ1) is 11.1. The fourth-order valence-electron chi connectivity index (χ4n) is 2.42. The van der Waals surface area contributed by atoms with Gasteiger partial charge in [-0.1, -0.05) is 6.92 Å². The number of carbonyl (C=O) groups excluding carboxylic acids is 1. The summed E-state index contributed by atoms with van der Waals surface area (Å²) in [6.45, 7) is 5.62. The summed E-state index contributed by atoms with van der Waals surface area (Å²) in [6.07, 6.45) is -0.0676. The van der Waals surface area contributed by atoms with Crippen LogP contribution in [0.25, 0.3) is 0 Å². The highest BCUT2D eigenvalue weighted by Gasteiger charge is 2.27. The van der Waals surface area contributed by atoms with Crippen molar-refractivity contribution in [3.63, 3.8) is 0 Å². The number of carbonyl (C=O) groups is 1. The molecule has 1 aromatic carbocycles. The minimum absolute atomic E-state index is 0.0658. The van der Waals surface area contributed by atoms with Gasteiger partial charge in [0.05, 0.1) is 13.7 Å². The first kappa shape index (κ1) is 17.7. The van der Waals surface area contributed by atoms with Crippen LogP contribution in [0.2, 0.25) is 0 Å². The molecule has 6 heteroatoms. The quantitative estimate of drug-likeness (QED) is 0.707. The van der Waals surface area contributed by atoms with Crippen LogP contribution in [0.3, 0.4) is 0 Å². The Balaban J connectivity index is 2.07. The number of benzene rings is 1. The topological polar surface area (TPSA) is 77.0 Å². The van der Waals surface area contributed by atoms with Crippen molar-refractivity contribution in [2.24, 2.45) is 0 Å². The molecular formula is C17H25NO5. The average Bonchev–Trinajstić information content (AvgIpc) is 2.56. The van der Waals surface area contributed by atoms with Crippen molar-refractivity contribution in [2.45, 2.75) is 39.1 Å². The second kappa shape index (κ2) is 8.29. The summed E-state index contributed by atoms with van der Waals surface area (Å²) in [4.78, 5) is 12.2. The van der Waals surface area contributed by atoms with Gasteiger partial charge in [0.15, 0.2) is 17.3 Å². The van der Waals surface area contributed by atoms with Gasteiger partial charge in [-0.3, -0.25) is 4.79 Å². The minimum Gasteiger partial charge on any atom is -0.493 e. The number of aliphatic hydroxyl groups excluding tert-OH is 1. The summed E-state index contributed by atoms with van der Waals surface area (Å²) in [7, 11) is 1.54.